The van der Waals surface area contributed by atoms with Crippen LogP contribution in [0.15, 0.2) is 76.5 Å². The predicted octanol–water partition coefficient (Wildman–Crippen LogP) is 7.60. The highest BCUT2D eigenvalue weighted by Crippen LogP contribution is 2.38. The SMILES string of the molecule is CSc1cccc(N2C(=O)/C(=C\c3cc(I)c(OCc4ccccc4)c(I)c3)SC2=S)c1. The molecule has 1 heterocycles. The van der Waals surface area contributed by atoms with Crippen molar-refractivity contribution in [2.24, 2.45) is 0 Å². The lowest BCUT2D eigenvalue weighted by molar-refractivity contribution is -0.113. The first kappa shape index (κ1) is 24.1. The fraction of sp³-hybridized carbons (Fsp3) is 0.0833. The van der Waals surface area contributed by atoms with E-state index in [9.17, 15) is 4.79 Å². The van der Waals surface area contributed by atoms with E-state index in [-0.39, 0.29) is 5.91 Å². The van der Waals surface area contributed by atoms with Gasteiger partial charge in [0.25, 0.3) is 5.91 Å². The summed E-state index contributed by atoms with van der Waals surface area (Å²) < 4.78 is 8.62. The summed E-state index contributed by atoms with van der Waals surface area (Å²) >= 11 is 13.1. The third-order valence-corrected chi connectivity index (χ3v) is 8.28. The van der Waals surface area contributed by atoms with E-state index >= 15 is 0 Å². The van der Waals surface area contributed by atoms with Gasteiger partial charge in [0, 0.05) is 4.90 Å². The van der Waals surface area contributed by atoms with E-state index in [1.165, 1.54) is 11.8 Å². The Morgan fingerprint density at radius 1 is 1.06 bits per heavy atom. The second-order valence-electron chi connectivity index (χ2n) is 6.81. The Bertz CT molecular complexity index is 1190. The molecule has 0 N–H and O–H groups in total. The van der Waals surface area contributed by atoms with Crippen molar-refractivity contribution >= 4 is 103 Å². The van der Waals surface area contributed by atoms with Gasteiger partial charge < -0.3 is 4.74 Å². The topological polar surface area (TPSA) is 29.5 Å². The third-order valence-electron chi connectivity index (χ3n) is 4.65. The molecule has 0 saturated carbocycles. The monoisotopic (exact) mass is 701 g/mol. The van der Waals surface area contributed by atoms with Gasteiger partial charge in [-0.25, -0.2) is 0 Å². The number of benzene rings is 3. The van der Waals surface area contributed by atoms with Crippen LogP contribution in [-0.4, -0.2) is 16.5 Å². The first-order valence-electron chi connectivity index (χ1n) is 9.54. The molecule has 3 aromatic rings. The molecule has 32 heavy (non-hydrogen) atoms. The number of amides is 1. The number of anilines is 1. The Morgan fingerprint density at radius 3 is 2.47 bits per heavy atom. The predicted molar refractivity (Wildman–Crippen MR) is 157 cm³/mol. The van der Waals surface area contributed by atoms with E-state index in [0.29, 0.717) is 15.8 Å². The molecular formula is C24H17I2NO2S3. The summed E-state index contributed by atoms with van der Waals surface area (Å²) in [6, 6.07) is 22.0. The van der Waals surface area contributed by atoms with Crippen LogP contribution in [0.25, 0.3) is 6.08 Å². The molecular weight excluding hydrogens is 684 g/mol. The summed E-state index contributed by atoms with van der Waals surface area (Å²) in [5, 5.41) is 0. The highest BCUT2D eigenvalue weighted by atomic mass is 127. The molecule has 8 heteroatoms. The summed E-state index contributed by atoms with van der Waals surface area (Å²) in [4.78, 5) is 16.5. The number of nitrogens with zero attached hydrogens (tertiary/aromatic N) is 1. The highest BCUT2D eigenvalue weighted by Gasteiger charge is 2.33. The number of carbonyl (C=O) groups excluding carboxylic acids is 1. The first-order chi connectivity index (χ1) is 15.5. The number of hydrogen-bond donors (Lipinski definition) is 0. The maximum Gasteiger partial charge on any atom is 0.270 e. The van der Waals surface area contributed by atoms with Crippen LogP contribution < -0.4 is 9.64 Å². The molecule has 0 radical (unpaired) electrons. The Morgan fingerprint density at radius 2 is 1.78 bits per heavy atom. The molecule has 1 fully saturated rings. The molecule has 4 rings (SSSR count). The number of ether oxygens (including phenoxy) is 1. The van der Waals surface area contributed by atoms with Crippen molar-refractivity contribution in [2.75, 3.05) is 11.2 Å². The minimum Gasteiger partial charge on any atom is -0.487 e. The molecule has 1 aliphatic heterocycles. The average Bonchev–Trinajstić information content (AvgIpc) is 3.06. The number of thiocarbonyl (C=S) groups is 1. The third kappa shape index (κ3) is 5.52. The standard InChI is InChI=1S/C24H17I2NO2S3/c1-31-18-9-5-8-17(13-18)27-23(28)21(32-24(27)30)12-16-10-19(25)22(20(26)11-16)29-14-15-6-3-2-4-7-15/h2-13H,14H2,1H3/b21-12+. The molecule has 0 unspecified atom stereocenters. The Kier molecular flexibility index (Phi) is 8.19. The number of thioether (sulfide) groups is 2. The molecule has 3 aromatic carbocycles. The van der Waals surface area contributed by atoms with Gasteiger partial charge >= 0.3 is 0 Å². The molecule has 0 spiro atoms. The molecule has 1 aliphatic rings. The van der Waals surface area contributed by atoms with Crippen molar-refractivity contribution in [3.63, 3.8) is 0 Å². The Balaban J connectivity index is 1.55. The van der Waals surface area contributed by atoms with Crippen LogP contribution in [0.1, 0.15) is 11.1 Å². The fourth-order valence-corrected chi connectivity index (χ4v) is 7.00. The van der Waals surface area contributed by atoms with Crippen LogP contribution in [0.3, 0.4) is 0 Å². The Hall–Kier alpha value is -1.08. The second-order valence-corrected chi connectivity index (χ2v) is 11.7. The van der Waals surface area contributed by atoms with E-state index in [0.717, 1.165) is 34.6 Å². The largest absolute Gasteiger partial charge is 0.487 e. The normalized spacial score (nSPS) is 15.0. The number of hydrogen-bond acceptors (Lipinski definition) is 5. The van der Waals surface area contributed by atoms with Crippen LogP contribution >= 0.6 is 80.9 Å². The summed E-state index contributed by atoms with van der Waals surface area (Å²) in [7, 11) is 0. The number of halogens is 2. The summed E-state index contributed by atoms with van der Waals surface area (Å²) in [6.07, 6.45) is 3.92. The van der Waals surface area contributed by atoms with Crippen molar-refractivity contribution in [1.29, 1.82) is 0 Å². The lowest BCUT2D eigenvalue weighted by Gasteiger charge is -2.15. The van der Waals surface area contributed by atoms with Crippen molar-refractivity contribution in [3.05, 3.63) is 89.9 Å². The van der Waals surface area contributed by atoms with Gasteiger partial charge in [-0.05, 0) is 99.0 Å². The molecule has 1 saturated heterocycles. The average molecular weight is 701 g/mol. The van der Waals surface area contributed by atoms with Crippen LogP contribution in [-0.2, 0) is 11.4 Å². The summed E-state index contributed by atoms with van der Waals surface area (Å²) in [5.41, 5.74) is 2.87. The quantitative estimate of drug-likeness (QED) is 0.114. The maximum absolute atomic E-state index is 13.1. The van der Waals surface area contributed by atoms with E-state index in [2.05, 4.69) is 45.2 Å². The molecule has 0 aromatic heterocycles. The maximum atomic E-state index is 13.1. The fourth-order valence-electron chi connectivity index (χ4n) is 3.12. The van der Waals surface area contributed by atoms with Crippen LogP contribution in [0.2, 0.25) is 0 Å². The van der Waals surface area contributed by atoms with Crippen LogP contribution in [0, 0.1) is 7.14 Å². The molecule has 0 bridgehead atoms. The molecule has 162 valence electrons. The van der Waals surface area contributed by atoms with Gasteiger partial charge in [0.1, 0.15) is 12.4 Å². The zero-order chi connectivity index (χ0) is 22.7. The van der Waals surface area contributed by atoms with Gasteiger partial charge in [-0.15, -0.1) is 11.8 Å². The van der Waals surface area contributed by atoms with Gasteiger partial charge in [0.05, 0.1) is 17.7 Å². The van der Waals surface area contributed by atoms with E-state index in [4.69, 9.17) is 17.0 Å². The van der Waals surface area contributed by atoms with Crippen molar-refractivity contribution in [1.82, 2.24) is 0 Å². The molecule has 3 nitrogen and oxygen atoms in total. The van der Waals surface area contributed by atoms with E-state index in [1.54, 1.807) is 16.7 Å². The molecule has 0 aliphatic carbocycles. The van der Waals surface area contributed by atoms with Gasteiger partial charge in [-0.1, -0.05) is 60.4 Å². The summed E-state index contributed by atoms with van der Waals surface area (Å²) in [5.74, 6) is 0.765. The zero-order valence-electron chi connectivity index (χ0n) is 16.9. The van der Waals surface area contributed by atoms with Crippen LogP contribution in [0.4, 0.5) is 5.69 Å². The Labute approximate surface area is 228 Å². The molecule has 1 amide bonds. The minimum absolute atomic E-state index is 0.0901. The zero-order valence-corrected chi connectivity index (χ0v) is 23.6. The van der Waals surface area contributed by atoms with Crippen molar-refractivity contribution in [2.45, 2.75) is 11.5 Å². The second kappa shape index (κ2) is 10.9. The van der Waals surface area contributed by atoms with Crippen LogP contribution in [0.5, 0.6) is 5.75 Å². The molecule has 0 atom stereocenters. The first-order valence-corrected chi connectivity index (χ1v) is 14.1. The smallest absolute Gasteiger partial charge is 0.270 e. The van der Waals surface area contributed by atoms with E-state index in [1.807, 2.05) is 79.1 Å². The lowest BCUT2D eigenvalue weighted by atomic mass is 10.2. The van der Waals surface area contributed by atoms with Gasteiger partial charge in [-0.3, -0.25) is 9.69 Å². The lowest BCUT2D eigenvalue weighted by Crippen LogP contribution is -2.27. The number of carbonyl (C=O) groups is 1. The van der Waals surface area contributed by atoms with Crippen molar-refractivity contribution in [3.8, 4) is 5.75 Å². The van der Waals surface area contributed by atoms with Crippen molar-refractivity contribution < 1.29 is 9.53 Å². The van der Waals surface area contributed by atoms with Gasteiger partial charge in [0.2, 0.25) is 0 Å². The number of rotatable bonds is 6. The van der Waals surface area contributed by atoms with Gasteiger partial charge in [0.15, 0.2) is 4.32 Å². The summed E-state index contributed by atoms with van der Waals surface area (Å²) in [6.45, 7) is 0.514. The minimum atomic E-state index is -0.0901. The van der Waals surface area contributed by atoms with Gasteiger partial charge in [-0.2, -0.15) is 0 Å². The van der Waals surface area contributed by atoms with E-state index < -0.39 is 0 Å². The highest BCUT2D eigenvalue weighted by molar-refractivity contribution is 14.1.